The highest BCUT2D eigenvalue weighted by molar-refractivity contribution is 5.97. The van der Waals surface area contributed by atoms with Gasteiger partial charge in [-0.3, -0.25) is 14.6 Å². The van der Waals surface area contributed by atoms with Crippen molar-refractivity contribution in [3.8, 4) is 17.7 Å². The highest BCUT2D eigenvalue weighted by Crippen LogP contribution is 2.27. The van der Waals surface area contributed by atoms with E-state index in [0.717, 1.165) is 5.56 Å². The van der Waals surface area contributed by atoms with Crippen LogP contribution in [0.25, 0.3) is 0 Å². The molecule has 1 aliphatic rings. The van der Waals surface area contributed by atoms with Crippen molar-refractivity contribution in [2.24, 2.45) is 5.92 Å². The Morgan fingerprint density at radius 1 is 1.34 bits per heavy atom. The molecule has 4 atom stereocenters. The molecule has 9 heteroatoms. The first kappa shape index (κ1) is 26.1. The zero-order chi connectivity index (χ0) is 25.5. The first-order valence-electron chi connectivity index (χ1n) is 11.6. The second kappa shape index (κ2) is 11.8. The van der Waals surface area contributed by atoms with E-state index in [4.69, 9.17) is 4.74 Å². The maximum Gasteiger partial charge on any atom is 0.259 e. The Morgan fingerprint density at radius 3 is 2.71 bits per heavy atom. The number of hydrogen-bond donors (Lipinski definition) is 2. The Kier molecular flexibility index (Phi) is 8.79. The number of amides is 2. The zero-order valence-corrected chi connectivity index (χ0v) is 20.5. The summed E-state index contributed by atoms with van der Waals surface area (Å²) in [5, 5.41) is 19.2. The Morgan fingerprint density at radius 2 is 2.06 bits per heavy atom. The van der Waals surface area contributed by atoms with Crippen LogP contribution in [-0.4, -0.2) is 86.8 Å². The molecule has 2 N–H and O–H groups in total. The van der Waals surface area contributed by atoms with E-state index in [0.29, 0.717) is 18.7 Å². The van der Waals surface area contributed by atoms with Gasteiger partial charge >= 0.3 is 0 Å². The van der Waals surface area contributed by atoms with Crippen molar-refractivity contribution < 1.29 is 24.5 Å². The predicted molar refractivity (Wildman–Crippen MR) is 130 cm³/mol. The largest absolute Gasteiger partial charge is 0.472 e. The fraction of sp³-hybridized carbons (Fsp3) is 0.462. The van der Waals surface area contributed by atoms with Crippen LogP contribution in [0, 0.1) is 17.8 Å². The maximum atomic E-state index is 13.4. The standard InChI is InChI=1S/C26H32N4O5/c1-17-14-30(18(2)16-31)26(34)22-11-21(6-5-19(3)32)13-28-25(22)35-23(17)15-29(4)24(33)12-20-7-9-27-10-8-20/h7-11,13,17-19,23,31-32H,12,14-16H2,1-4H3/t17-,18+,19+,23+/m0/s1. The van der Waals surface area contributed by atoms with Crippen LogP contribution in [0.1, 0.15) is 42.3 Å². The van der Waals surface area contributed by atoms with Crippen LogP contribution in [0.3, 0.4) is 0 Å². The number of nitrogens with zero attached hydrogens (tertiary/aromatic N) is 4. The minimum absolute atomic E-state index is 0.0670. The van der Waals surface area contributed by atoms with Crippen LogP contribution >= 0.6 is 0 Å². The van der Waals surface area contributed by atoms with Gasteiger partial charge in [-0.05, 0) is 37.6 Å². The zero-order valence-electron chi connectivity index (χ0n) is 20.5. The third kappa shape index (κ3) is 6.78. The summed E-state index contributed by atoms with van der Waals surface area (Å²) in [4.78, 5) is 37.8. The lowest BCUT2D eigenvalue weighted by Gasteiger charge is -2.37. The molecule has 0 fully saturated rings. The molecule has 0 aliphatic carbocycles. The van der Waals surface area contributed by atoms with Crippen molar-refractivity contribution in [2.75, 3.05) is 26.7 Å². The molecule has 35 heavy (non-hydrogen) atoms. The van der Waals surface area contributed by atoms with E-state index in [1.54, 1.807) is 61.3 Å². The molecule has 3 rings (SSSR count). The van der Waals surface area contributed by atoms with Crippen molar-refractivity contribution in [3.05, 3.63) is 53.5 Å². The Balaban J connectivity index is 1.89. The maximum absolute atomic E-state index is 13.4. The molecule has 3 heterocycles. The average molecular weight is 481 g/mol. The average Bonchev–Trinajstić information content (AvgIpc) is 2.84. The van der Waals surface area contributed by atoms with Crippen LogP contribution in [-0.2, 0) is 11.2 Å². The smallest absolute Gasteiger partial charge is 0.259 e. The van der Waals surface area contributed by atoms with E-state index in [1.165, 1.54) is 6.20 Å². The molecular formula is C26H32N4O5. The summed E-state index contributed by atoms with van der Waals surface area (Å²) in [5.74, 6) is 5.07. The molecular weight excluding hydrogens is 448 g/mol. The van der Waals surface area contributed by atoms with Crippen LogP contribution < -0.4 is 4.74 Å². The topological polar surface area (TPSA) is 116 Å². The number of carbonyl (C=O) groups is 2. The summed E-state index contributed by atoms with van der Waals surface area (Å²) >= 11 is 0. The van der Waals surface area contributed by atoms with E-state index in [9.17, 15) is 19.8 Å². The first-order valence-corrected chi connectivity index (χ1v) is 11.6. The predicted octanol–water partition coefficient (Wildman–Crippen LogP) is 1.13. The van der Waals surface area contributed by atoms with E-state index in [2.05, 4.69) is 21.8 Å². The number of carbonyl (C=O) groups excluding carboxylic acids is 2. The van der Waals surface area contributed by atoms with Gasteiger partial charge in [0.15, 0.2) is 0 Å². The van der Waals surface area contributed by atoms with E-state index < -0.39 is 18.2 Å². The van der Waals surface area contributed by atoms with Gasteiger partial charge in [0.05, 0.1) is 25.6 Å². The normalized spacial score (nSPS) is 19.3. The lowest BCUT2D eigenvalue weighted by Crippen LogP contribution is -2.50. The van der Waals surface area contributed by atoms with Gasteiger partial charge in [-0.15, -0.1) is 0 Å². The third-order valence-electron chi connectivity index (χ3n) is 5.93. The van der Waals surface area contributed by atoms with E-state index in [1.807, 2.05) is 6.92 Å². The summed E-state index contributed by atoms with van der Waals surface area (Å²) in [6.45, 7) is 5.70. The van der Waals surface area contributed by atoms with Gasteiger partial charge in [0, 0.05) is 43.7 Å². The molecule has 2 amide bonds. The second-order valence-electron chi connectivity index (χ2n) is 8.95. The monoisotopic (exact) mass is 480 g/mol. The molecule has 0 saturated heterocycles. The fourth-order valence-corrected chi connectivity index (χ4v) is 3.76. The summed E-state index contributed by atoms with van der Waals surface area (Å²) in [5.41, 5.74) is 1.56. The number of ether oxygens (including phenoxy) is 1. The molecule has 0 unspecified atom stereocenters. The molecule has 0 radical (unpaired) electrons. The number of aliphatic hydroxyl groups excluding tert-OH is 2. The quantitative estimate of drug-likeness (QED) is 0.596. The highest BCUT2D eigenvalue weighted by atomic mass is 16.5. The molecule has 0 saturated carbocycles. The Bertz CT molecular complexity index is 1100. The van der Waals surface area contributed by atoms with Gasteiger partial charge in [0.1, 0.15) is 17.8 Å². The van der Waals surface area contributed by atoms with E-state index in [-0.39, 0.29) is 42.2 Å². The highest BCUT2D eigenvalue weighted by Gasteiger charge is 2.34. The van der Waals surface area contributed by atoms with Crippen LogP contribution in [0.2, 0.25) is 0 Å². The van der Waals surface area contributed by atoms with Gasteiger partial charge in [-0.1, -0.05) is 18.8 Å². The Labute approximate surface area is 205 Å². The van der Waals surface area contributed by atoms with Gasteiger partial charge in [-0.2, -0.15) is 0 Å². The van der Waals surface area contributed by atoms with Gasteiger partial charge in [0.25, 0.3) is 5.91 Å². The SMILES string of the molecule is C[C@H](CO)N1C[C@H](C)[C@@H](CN(C)C(=O)Cc2ccncc2)Oc2ncc(C#C[C@@H](C)O)cc2C1=O. The molecule has 186 valence electrons. The number of rotatable bonds is 6. The molecule has 2 aromatic rings. The van der Waals surface area contributed by atoms with Crippen LogP contribution in [0.15, 0.2) is 36.8 Å². The third-order valence-corrected chi connectivity index (χ3v) is 5.93. The van der Waals surface area contributed by atoms with Crippen molar-refractivity contribution in [1.29, 1.82) is 0 Å². The molecule has 2 aromatic heterocycles. The van der Waals surface area contributed by atoms with Gasteiger partial charge in [-0.25, -0.2) is 4.98 Å². The van der Waals surface area contributed by atoms with Crippen molar-refractivity contribution in [3.63, 3.8) is 0 Å². The van der Waals surface area contributed by atoms with Crippen LogP contribution in [0.5, 0.6) is 5.88 Å². The lowest BCUT2D eigenvalue weighted by atomic mass is 9.99. The van der Waals surface area contributed by atoms with E-state index >= 15 is 0 Å². The molecule has 0 spiro atoms. The summed E-state index contributed by atoms with van der Waals surface area (Å²) in [6.07, 6.45) is 3.77. The number of pyridine rings is 2. The van der Waals surface area contributed by atoms with Gasteiger partial charge in [0.2, 0.25) is 11.8 Å². The van der Waals surface area contributed by atoms with Crippen molar-refractivity contribution in [2.45, 2.75) is 45.4 Å². The van der Waals surface area contributed by atoms with Crippen molar-refractivity contribution in [1.82, 2.24) is 19.8 Å². The van der Waals surface area contributed by atoms with Crippen LogP contribution in [0.4, 0.5) is 0 Å². The first-order chi connectivity index (χ1) is 16.7. The summed E-state index contributed by atoms with van der Waals surface area (Å²) < 4.78 is 6.21. The fourth-order valence-electron chi connectivity index (χ4n) is 3.76. The van der Waals surface area contributed by atoms with Gasteiger partial charge < -0.3 is 24.7 Å². The molecule has 9 nitrogen and oxygen atoms in total. The number of fused-ring (bicyclic) bond motifs is 1. The second-order valence-corrected chi connectivity index (χ2v) is 8.95. The number of aromatic nitrogens is 2. The van der Waals surface area contributed by atoms with Crippen molar-refractivity contribution >= 4 is 11.8 Å². The molecule has 1 aliphatic heterocycles. The minimum Gasteiger partial charge on any atom is -0.472 e. The number of hydrogen-bond acceptors (Lipinski definition) is 7. The lowest BCUT2D eigenvalue weighted by molar-refractivity contribution is -0.130. The minimum atomic E-state index is -0.819. The molecule has 0 aromatic carbocycles. The summed E-state index contributed by atoms with van der Waals surface area (Å²) in [7, 11) is 1.72. The summed E-state index contributed by atoms with van der Waals surface area (Å²) in [6, 6.07) is 4.77. The number of aliphatic hydroxyl groups is 2. The molecule has 0 bridgehead atoms. The number of likely N-dealkylation sites (N-methyl/N-ethyl adjacent to an activating group) is 1. The Hall–Kier alpha value is -3.48.